The van der Waals surface area contributed by atoms with Crippen LogP contribution in [0.15, 0.2) is 18.3 Å². The van der Waals surface area contributed by atoms with Crippen LogP contribution >= 0.6 is 0 Å². The molecule has 146 valence electrons. The second kappa shape index (κ2) is 6.82. The van der Waals surface area contributed by atoms with Crippen molar-refractivity contribution in [1.29, 1.82) is 0 Å². The summed E-state index contributed by atoms with van der Waals surface area (Å²) in [6, 6.07) is 4.31. The monoisotopic (exact) mass is 369 g/mol. The van der Waals surface area contributed by atoms with Gasteiger partial charge in [-0.25, -0.2) is 4.98 Å². The van der Waals surface area contributed by atoms with Crippen LogP contribution in [0.25, 0.3) is 5.65 Å². The van der Waals surface area contributed by atoms with Gasteiger partial charge >= 0.3 is 0 Å². The average molecular weight is 370 g/mol. The Morgan fingerprint density at radius 1 is 1.19 bits per heavy atom. The molecular weight excluding hydrogens is 338 g/mol. The van der Waals surface area contributed by atoms with E-state index < -0.39 is 0 Å². The zero-order valence-corrected chi connectivity index (χ0v) is 16.6. The number of imidazole rings is 1. The average Bonchev–Trinajstić information content (AvgIpc) is 3.39. The van der Waals surface area contributed by atoms with Gasteiger partial charge in [-0.3, -0.25) is 9.20 Å². The van der Waals surface area contributed by atoms with Crippen molar-refractivity contribution in [3.63, 3.8) is 0 Å². The standard InChI is InChI=1S/C21H31N5O/c1-21(2,3)25-19-18(13-4-5-13)24-17-12-14(10-11-26(17)19)20(27)23-16-8-6-15(22)7-9-16/h10-13,15-16,25H,4-9,22H2,1-3H3,(H,23,27). The van der Waals surface area contributed by atoms with E-state index in [1.807, 2.05) is 18.3 Å². The van der Waals surface area contributed by atoms with Crippen molar-refractivity contribution in [3.05, 3.63) is 29.6 Å². The minimum absolute atomic E-state index is 0.0146. The van der Waals surface area contributed by atoms with Gasteiger partial charge in [-0.1, -0.05) is 0 Å². The fraction of sp³-hybridized carbons (Fsp3) is 0.619. The summed E-state index contributed by atoms with van der Waals surface area (Å²) in [5, 5.41) is 6.77. The highest BCUT2D eigenvalue weighted by Gasteiger charge is 2.31. The molecule has 4 N–H and O–H groups in total. The molecule has 0 saturated heterocycles. The maximum absolute atomic E-state index is 12.7. The number of fused-ring (bicyclic) bond motifs is 1. The largest absolute Gasteiger partial charge is 0.365 e. The molecule has 2 aliphatic carbocycles. The Balaban J connectivity index is 1.57. The SMILES string of the molecule is CC(C)(C)Nc1c(C2CC2)nc2cc(C(=O)NC3CCC(N)CC3)ccn12. The molecular formula is C21H31N5O. The number of nitrogens with zero attached hydrogens (tertiary/aromatic N) is 2. The van der Waals surface area contributed by atoms with E-state index in [0.717, 1.165) is 42.8 Å². The van der Waals surface area contributed by atoms with Crippen molar-refractivity contribution >= 4 is 17.4 Å². The van der Waals surface area contributed by atoms with Crippen molar-refractivity contribution in [1.82, 2.24) is 14.7 Å². The number of nitrogens with two attached hydrogens (primary N) is 1. The number of carbonyl (C=O) groups excluding carboxylic acids is 1. The molecule has 0 atom stereocenters. The predicted molar refractivity (Wildman–Crippen MR) is 108 cm³/mol. The molecule has 1 amide bonds. The number of anilines is 1. The summed E-state index contributed by atoms with van der Waals surface area (Å²) in [5.41, 5.74) is 8.55. The minimum atomic E-state index is -0.0442. The molecule has 6 nitrogen and oxygen atoms in total. The molecule has 2 aliphatic rings. The number of hydrogen-bond acceptors (Lipinski definition) is 4. The molecule has 0 spiro atoms. The Morgan fingerprint density at radius 3 is 2.52 bits per heavy atom. The molecule has 2 aromatic rings. The molecule has 0 radical (unpaired) electrons. The van der Waals surface area contributed by atoms with Crippen molar-refractivity contribution in [3.8, 4) is 0 Å². The molecule has 2 fully saturated rings. The topological polar surface area (TPSA) is 84.5 Å². The quantitative estimate of drug-likeness (QED) is 0.771. The Kier molecular flexibility index (Phi) is 4.62. The molecule has 27 heavy (non-hydrogen) atoms. The summed E-state index contributed by atoms with van der Waals surface area (Å²) in [7, 11) is 0. The Morgan fingerprint density at radius 2 is 1.89 bits per heavy atom. The summed E-state index contributed by atoms with van der Waals surface area (Å²) >= 11 is 0. The highest BCUT2D eigenvalue weighted by atomic mass is 16.1. The van der Waals surface area contributed by atoms with Gasteiger partial charge in [-0.2, -0.15) is 0 Å². The first kappa shape index (κ1) is 18.3. The summed E-state index contributed by atoms with van der Waals surface area (Å²) in [6.45, 7) is 6.46. The Labute approximate surface area is 160 Å². The van der Waals surface area contributed by atoms with E-state index in [1.165, 1.54) is 12.8 Å². The Hall–Kier alpha value is -2.08. The van der Waals surface area contributed by atoms with E-state index in [9.17, 15) is 4.79 Å². The third-order valence-electron chi connectivity index (χ3n) is 5.48. The Bertz CT molecular complexity index is 838. The summed E-state index contributed by atoms with van der Waals surface area (Å²) in [4.78, 5) is 17.6. The second-order valence-electron chi connectivity index (χ2n) is 9.22. The molecule has 0 bridgehead atoms. The van der Waals surface area contributed by atoms with E-state index in [1.54, 1.807) is 0 Å². The molecule has 0 aliphatic heterocycles. The van der Waals surface area contributed by atoms with Crippen molar-refractivity contribution in [2.75, 3.05) is 5.32 Å². The first-order valence-corrected chi connectivity index (χ1v) is 10.2. The molecule has 6 heteroatoms. The van der Waals surface area contributed by atoms with E-state index in [0.29, 0.717) is 11.5 Å². The highest BCUT2D eigenvalue weighted by molar-refractivity contribution is 5.95. The van der Waals surface area contributed by atoms with Crippen LogP contribution in [-0.4, -0.2) is 32.9 Å². The van der Waals surface area contributed by atoms with Crippen LogP contribution in [0.2, 0.25) is 0 Å². The van der Waals surface area contributed by atoms with Gasteiger partial charge in [-0.05, 0) is 71.4 Å². The summed E-state index contributed by atoms with van der Waals surface area (Å²) < 4.78 is 2.08. The molecule has 2 heterocycles. The fourth-order valence-corrected chi connectivity index (χ4v) is 3.86. The van der Waals surface area contributed by atoms with Crippen LogP contribution in [0.3, 0.4) is 0 Å². The van der Waals surface area contributed by atoms with Crippen LogP contribution in [0.4, 0.5) is 5.82 Å². The number of hydrogen-bond donors (Lipinski definition) is 3. The number of nitrogens with one attached hydrogen (secondary N) is 2. The van der Waals surface area contributed by atoms with Crippen LogP contribution in [0.5, 0.6) is 0 Å². The molecule has 0 unspecified atom stereocenters. The zero-order valence-electron chi connectivity index (χ0n) is 16.6. The number of aromatic nitrogens is 2. The van der Waals surface area contributed by atoms with Crippen LogP contribution in [0.1, 0.15) is 81.3 Å². The number of carbonyl (C=O) groups is 1. The number of amides is 1. The lowest BCUT2D eigenvalue weighted by Gasteiger charge is -2.26. The first-order valence-electron chi connectivity index (χ1n) is 10.2. The smallest absolute Gasteiger partial charge is 0.251 e. The van der Waals surface area contributed by atoms with Crippen molar-refractivity contribution in [2.24, 2.45) is 5.73 Å². The van der Waals surface area contributed by atoms with Crippen LogP contribution in [0, 0.1) is 0 Å². The van der Waals surface area contributed by atoms with Crippen molar-refractivity contribution < 1.29 is 4.79 Å². The first-order chi connectivity index (χ1) is 12.8. The van der Waals surface area contributed by atoms with E-state index in [4.69, 9.17) is 10.7 Å². The molecule has 2 saturated carbocycles. The lowest BCUT2D eigenvalue weighted by molar-refractivity contribution is 0.0926. The second-order valence-corrected chi connectivity index (χ2v) is 9.22. The van der Waals surface area contributed by atoms with Gasteiger partial charge in [0.2, 0.25) is 0 Å². The fourth-order valence-electron chi connectivity index (χ4n) is 3.86. The summed E-state index contributed by atoms with van der Waals surface area (Å²) in [5.74, 6) is 1.59. The maximum Gasteiger partial charge on any atom is 0.251 e. The third kappa shape index (κ3) is 4.10. The molecule has 2 aromatic heterocycles. The molecule has 4 rings (SSSR count). The van der Waals surface area contributed by atoms with Crippen molar-refractivity contribution in [2.45, 2.75) is 82.8 Å². The van der Waals surface area contributed by atoms with Crippen LogP contribution in [-0.2, 0) is 0 Å². The third-order valence-corrected chi connectivity index (χ3v) is 5.48. The number of rotatable bonds is 4. The van der Waals surface area contributed by atoms with Gasteiger partial charge in [-0.15, -0.1) is 0 Å². The normalized spacial score (nSPS) is 23.4. The zero-order chi connectivity index (χ0) is 19.2. The van der Waals surface area contributed by atoms with Gasteiger partial charge in [0.15, 0.2) is 0 Å². The lowest BCUT2D eigenvalue weighted by Crippen LogP contribution is -2.40. The van der Waals surface area contributed by atoms with Gasteiger partial charge in [0.25, 0.3) is 5.91 Å². The predicted octanol–water partition coefficient (Wildman–Crippen LogP) is 3.42. The van der Waals surface area contributed by atoms with E-state index >= 15 is 0 Å². The van der Waals surface area contributed by atoms with Gasteiger partial charge in [0.1, 0.15) is 11.5 Å². The van der Waals surface area contributed by atoms with E-state index in [-0.39, 0.29) is 23.5 Å². The number of pyridine rings is 1. The van der Waals surface area contributed by atoms with Crippen LogP contribution < -0.4 is 16.4 Å². The highest BCUT2D eigenvalue weighted by Crippen LogP contribution is 2.43. The van der Waals surface area contributed by atoms with Gasteiger partial charge < -0.3 is 16.4 Å². The van der Waals surface area contributed by atoms with E-state index in [2.05, 4.69) is 35.8 Å². The molecule has 0 aromatic carbocycles. The van der Waals surface area contributed by atoms with Gasteiger partial charge in [0.05, 0.1) is 5.69 Å². The minimum Gasteiger partial charge on any atom is -0.365 e. The van der Waals surface area contributed by atoms with Gasteiger partial charge in [0, 0.05) is 35.3 Å². The summed E-state index contributed by atoms with van der Waals surface area (Å²) in [6.07, 6.45) is 8.25. The lowest BCUT2D eigenvalue weighted by atomic mass is 9.91. The maximum atomic E-state index is 12.7.